The summed E-state index contributed by atoms with van der Waals surface area (Å²) in [5.41, 5.74) is 0.500. The van der Waals surface area contributed by atoms with E-state index in [4.69, 9.17) is 4.74 Å². The minimum Gasteiger partial charge on any atom is -0.462 e. The second kappa shape index (κ2) is 9.52. The van der Waals surface area contributed by atoms with Gasteiger partial charge < -0.3 is 15.4 Å². The second-order valence-corrected chi connectivity index (χ2v) is 9.02. The van der Waals surface area contributed by atoms with Gasteiger partial charge in [-0.1, -0.05) is 44.2 Å². The molecule has 2 aromatic rings. The van der Waals surface area contributed by atoms with Crippen LogP contribution in [0, 0.1) is 5.92 Å². The number of thiophene rings is 1. The van der Waals surface area contributed by atoms with Crippen LogP contribution in [0.5, 0.6) is 0 Å². The van der Waals surface area contributed by atoms with Gasteiger partial charge in [0.25, 0.3) is 5.91 Å². The van der Waals surface area contributed by atoms with Gasteiger partial charge in [-0.25, -0.2) is 9.59 Å². The molecule has 0 spiro atoms. The molecule has 1 aromatic heterocycles. The Morgan fingerprint density at radius 3 is 2.53 bits per heavy atom. The number of urea groups is 1. The van der Waals surface area contributed by atoms with E-state index < -0.39 is 35.9 Å². The lowest BCUT2D eigenvalue weighted by Crippen LogP contribution is -2.42. The molecule has 170 valence electrons. The first-order chi connectivity index (χ1) is 15.2. The number of esters is 1. The monoisotopic (exact) mass is 457 g/mol. The quantitative estimate of drug-likeness (QED) is 0.466. The molecule has 1 atom stereocenters. The first-order valence-corrected chi connectivity index (χ1v) is 11.3. The molecular weight excluding hydrogens is 430 g/mol. The first kappa shape index (κ1) is 23.5. The average molecular weight is 458 g/mol. The lowest BCUT2D eigenvalue weighted by molar-refractivity contribution is -0.133. The molecule has 1 saturated heterocycles. The van der Waals surface area contributed by atoms with Crippen LogP contribution in [-0.4, -0.2) is 41.9 Å². The predicted molar refractivity (Wildman–Crippen MR) is 121 cm³/mol. The Balaban J connectivity index is 1.77. The Morgan fingerprint density at radius 1 is 1.22 bits per heavy atom. The maximum atomic E-state index is 13.0. The van der Waals surface area contributed by atoms with Crippen molar-refractivity contribution in [3.63, 3.8) is 0 Å². The molecule has 2 N–H and O–H groups in total. The van der Waals surface area contributed by atoms with Gasteiger partial charge in [0, 0.05) is 0 Å². The van der Waals surface area contributed by atoms with E-state index in [2.05, 4.69) is 10.6 Å². The highest BCUT2D eigenvalue weighted by Gasteiger charge is 2.49. The number of nitrogens with one attached hydrogen (secondary N) is 2. The number of anilines is 1. The van der Waals surface area contributed by atoms with Crippen molar-refractivity contribution in [2.75, 3.05) is 18.5 Å². The van der Waals surface area contributed by atoms with Crippen molar-refractivity contribution in [3.05, 3.63) is 52.4 Å². The Morgan fingerprint density at radius 2 is 1.91 bits per heavy atom. The fourth-order valence-electron chi connectivity index (χ4n) is 3.62. The Kier molecular flexibility index (Phi) is 6.98. The highest BCUT2D eigenvalue weighted by molar-refractivity contribution is 7.15. The van der Waals surface area contributed by atoms with Crippen LogP contribution in [0.15, 0.2) is 35.7 Å². The third-order valence-corrected chi connectivity index (χ3v) is 6.10. The van der Waals surface area contributed by atoms with E-state index in [9.17, 15) is 19.2 Å². The molecule has 32 heavy (non-hydrogen) atoms. The summed E-state index contributed by atoms with van der Waals surface area (Å²) in [6.45, 7) is 7.14. The summed E-state index contributed by atoms with van der Waals surface area (Å²) in [7, 11) is 0. The smallest absolute Gasteiger partial charge is 0.341 e. The minimum atomic E-state index is -1.25. The zero-order chi connectivity index (χ0) is 23.5. The van der Waals surface area contributed by atoms with Gasteiger partial charge in [-0.15, -0.1) is 11.3 Å². The molecule has 1 aliphatic heterocycles. The zero-order valence-corrected chi connectivity index (χ0v) is 19.4. The molecule has 2 heterocycles. The van der Waals surface area contributed by atoms with E-state index in [1.807, 2.05) is 25.3 Å². The number of rotatable bonds is 8. The van der Waals surface area contributed by atoms with Gasteiger partial charge in [0.15, 0.2) is 0 Å². The fourth-order valence-corrected chi connectivity index (χ4v) is 4.60. The number of ether oxygens (including phenoxy) is 1. The minimum absolute atomic E-state index is 0.212. The third kappa shape index (κ3) is 4.67. The van der Waals surface area contributed by atoms with Crippen molar-refractivity contribution in [2.45, 2.75) is 39.7 Å². The molecular formula is C23H27N3O5S. The molecule has 1 fully saturated rings. The number of hydrogen-bond acceptors (Lipinski definition) is 6. The van der Waals surface area contributed by atoms with Crippen LogP contribution >= 0.6 is 11.3 Å². The lowest BCUT2D eigenvalue weighted by atomic mass is 9.92. The van der Waals surface area contributed by atoms with Crippen LogP contribution in [0.4, 0.5) is 9.80 Å². The van der Waals surface area contributed by atoms with Gasteiger partial charge in [-0.2, -0.15) is 0 Å². The largest absolute Gasteiger partial charge is 0.462 e. The van der Waals surface area contributed by atoms with Crippen LogP contribution in [0.3, 0.4) is 0 Å². The van der Waals surface area contributed by atoms with Crippen molar-refractivity contribution in [1.82, 2.24) is 10.2 Å². The highest BCUT2D eigenvalue weighted by Crippen LogP contribution is 2.32. The summed E-state index contributed by atoms with van der Waals surface area (Å²) in [5, 5.41) is 7.53. The summed E-state index contributed by atoms with van der Waals surface area (Å²) in [6, 6.07) is 8.21. The molecule has 3 rings (SSSR count). The Bertz CT molecular complexity index is 1030. The summed E-state index contributed by atoms with van der Waals surface area (Å²) < 4.78 is 5.16. The molecule has 0 radical (unpaired) electrons. The maximum Gasteiger partial charge on any atom is 0.341 e. The summed E-state index contributed by atoms with van der Waals surface area (Å²) in [5.74, 6) is -1.29. The Hall–Kier alpha value is -3.20. The summed E-state index contributed by atoms with van der Waals surface area (Å²) in [4.78, 5) is 51.6. The van der Waals surface area contributed by atoms with Crippen LogP contribution in [0.25, 0.3) is 0 Å². The summed E-state index contributed by atoms with van der Waals surface area (Å²) in [6.07, 6.45) is 0.656. The van der Waals surface area contributed by atoms with Gasteiger partial charge in [-0.05, 0) is 42.7 Å². The van der Waals surface area contributed by atoms with Crippen molar-refractivity contribution < 1.29 is 23.9 Å². The van der Waals surface area contributed by atoms with Crippen molar-refractivity contribution in [3.8, 4) is 0 Å². The van der Waals surface area contributed by atoms with E-state index in [-0.39, 0.29) is 6.61 Å². The number of imide groups is 1. The van der Waals surface area contributed by atoms with E-state index in [0.29, 0.717) is 28.5 Å². The van der Waals surface area contributed by atoms with Crippen molar-refractivity contribution in [1.29, 1.82) is 0 Å². The van der Waals surface area contributed by atoms with Crippen LogP contribution in [0.2, 0.25) is 0 Å². The lowest BCUT2D eigenvalue weighted by Gasteiger charge is -2.22. The SMILES string of the molecule is CCOC(=O)c1c(CC(C)C)csc1NC(=O)CN1C(=O)NC(C)(c2ccccc2)C1=O. The zero-order valence-electron chi connectivity index (χ0n) is 18.6. The molecule has 0 bridgehead atoms. The standard InChI is InChI=1S/C23H27N3O5S/c1-5-31-20(28)18-15(11-14(2)3)13-32-19(18)24-17(27)12-26-21(29)23(4,25-22(26)30)16-9-7-6-8-10-16/h6-10,13-14H,5,11-12H2,1-4H3,(H,24,27)(H,25,30). The molecule has 1 aliphatic rings. The molecule has 4 amide bonds. The summed E-state index contributed by atoms with van der Waals surface area (Å²) >= 11 is 1.22. The Labute approximate surface area is 190 Å². The number of nitrogens with zero attached hydrogens (tertiary/aromatic N) is 1. The topological polar surface area (TPSA) is 105 Å². The number of carbonyl (C=O) groups excluding carboxylic acids is 4. The molecule has 1 aromatic carbocycles. The normalized spacial score (nSPS) is 18.1. The van der Waals surface area contributed by atoms with Crippen LogP contribution in [-0.2, 0) is 26.3 Å². The van der Waals surface area contributed by atoms with E-state index >= 15 is 0 Å². The van der Waals surface area contributed by atoms with Gasteiger partial charge in [0.05, 0.1) is 12.2 Å². The molecule has 1 unspecified atom stereocenters. The predicted octanol–water partition coefficient (Wildman–Crippen LogP) is 3.53. The number of carbonyl (C=O) groups is 4. The van der Waals surface area contributed by atoms with Crippen molar-refractivity contribution >= 4 is 40.2 Å². The fraction of sp³-hybridized carbons (Fsp3) is 0.391. The van der Waals surface area contributed by atoms with Gasteiger partial charge >= 0.3 is 12.0 Å². The maximum absolute atomic E-state index is 13.0. The number of amides is 4. The van der Waals surface area contributed by atoms with E-state index in [1.165, 1.54) is 11.3 Å². The van der Waals surface area contributed by atoms with Crippen molar-refractivity contribution in [2.24, 2.45) is 5.92 Å². The van der Waals surface area contributed by atoms with E-state index in [1.54, 1.807) is 38.1 Å². The first-order valence-electron chi connectivity index (χ1n) is 10.4. The molecule has 8 nitrogen and oxygen atoms in total. The highest BCUT2D eigenvalue weighted by atomic mass is 32.1. The van der Waals surface area contributed by atoms with Crippen LogP contribution < -0.4 is 10.6 Å². The third-order valence-electron chi connectivity index (χ3n) is 5.16. The van der Waals surface area contributed by atoms with Gasteiger partial charge in [-0.3, -0.25) is 14.5 Å². The van der Waals surface area contributed by atoms with Gasteiger partial charge in [0.1, 0.15) is 17.1 Å². The second-order valence-electron chi connectivity index (χ2n) is 8.14. The number of hydrogen-bond donors (Lipinski definition) is 2. The molecule has 0 aliphatic carbocycles. The average Bonchev–Trinajstić information content (AvgIpc) is 3.22. The van der Waals surface area contributed by atoms with Gasteiger partial charge in [0.2, 0.25) is 5.91 Å². The van der Waals surface area contributed by atoms with E-state index in [0.717, 1.165) is 10.5 Å². The number of benzene rings is 1. The molecule has 0 saturated carbocycles. The molecule has 9 heteroatoms. The van der Waals surface area contributed by atoms with Crippen LogP contribution in [0.1, 0.15) is 49.2 Å².